The minimum absolute atomic E-state index is 0.181. The number of carbonyl (C=O) groups excluding carboxylic acids is 1. The van der Waals surface area contributed by atoms with Crippen molar-refractivity contribution in [2.75, 3.05) is 11.9 Å². The van der Waals surface area contributed by atoms with Gasteiger partial charge in [0.1, 0.15) is 5.60 Å². The van der Waals surface area contributed by atoms with Gasteiger partial charge in [-0.2, -0.15) is 0 Å². The summed E-state index contributed by atoms with van der Waals surface area (Å²) in [5.41, 5.74) is 1.36. The van der Waals surface area contributed by atoms with Crippen molar-refractivity contribution in [2.24, 2.45) is 0 Å². The molecule has 1 aromatic carbocycles. The Hall–Kier alpha value is -1.97. The van der Waals surface area contributed by atoms with Crippen LogP contribution in [0, 0.1) is 0 Å². The van der Waals surface area contributed by atoms with Crippen LogP contribution in [0.4, 0.5) is 5.69 Å². The van der Waals surface area contributed by atoms with Crippen molar-refractivity contribution in [3.05, 3.63) is 41.8 Å². The number of hydrogen-bond acceptors (Lipinski definition) is 3. The lowest BCUT2D eigenvalue weighted by Gasteiger charge is -2.19. The number of hydrogen-bond donors (Lipinski definition) is 2. The monoisotopic (exact) mass is 274 g/mol. The topological polar surface area (TPSA) is 50.4 Å². The van der Waals surface area contributed by atoms with E-state index in [-0.39, 0.29) is 11.5 Å². The molecule has 4 heteroatoms. The summed E-state index contributed by atoms with van der Waals surface area (Å²) in [6, 6.07) is 9.41. The maximum Gasteiger partial charge on any atom is 0.292 e. The molecule has 0 heterocycles. The van der Waals surface area contributed by atoms with Crippen LogP contribution in [0.2, 0.25) is 0 Å². The fourth-order valence-electron chi connectivity index (χ4n) is 1.87. The van der Waals surface area contributed by atoms with Crippen LogP contribution >= 0.6 is 0 Å². The number of allylic oxidation sites excluding steroid dienone is 1. The third-order valence-electron chi connectivity index (χ3n) is 3.32. The molecule has 0 atom stereocenters. The lowest BCUT2D eigenvalue weighted by molar-refractivity contribution is -0.117. The Labute approximate surface area is 120 Å². The van der Waals surface area contributed by atoms with Gasteiger partial charge in [0.2, 0.25) is 5.76 Å². The molecule has 108 valence electrons. The van der Waals surface area contributed by atoms with Crippen molar-refractivity contribution in [3.63, 3.8) is 0 Å². The number of para-hydroxylation sites is 1. The van der Waals surface area contributed by atoms with Gasteiger partial charge in [0, 0.05) is 12.2 Å². The Morgan fingerprint density at radius 1 is 1.30 bits per heavy atom. The van der Waals surface area contributed by atoms with E-state index in [0.29, 0.717) is 5.76 Å². The largest absolute Gasteiger partial charge is 0.480 e. The quantitative estimate of drug-likeness (QED) is 0.619. The maximum atomic E-state index is 12.4. The van der Waals surface area contributed by atoms with E-state index in [9.17, 15) is 4.79 Å². The first-order valence-corrected chi connectivity index (χ1v) is 7.04. The third-order valence-corrected chi connectivity index (χ3v) is 3.32. The number of rotatable bonds is 6. The molecule has 0 radical (unpaired) electrons. The molecule has 2 N–H and O–H groups in total. The maximum absolute atomic E-state index is 12.4. The molecule has 0 aliphatic heterocycles. The molecular weight excluding hydrogens is 252 g/mol. The van der Waals surface area contributed by atoms with E-state index < -0.39 is 0 Å². The lowest BCUT2D eigenvalue weighted by atomic mass is 10.3. The van der Waals surface area contributed by atoms with E-state index in [0.717, 1.165) is 30.8 Å². The summed E-state index contributed by atoms with van der Waals surface area (Å²) in [5, 5.41) is 6.03. The molecule has 0 unspecified atom stereocenters. The van der Waals surface area contributed by atoms with Gasteiger partial charge in [0.25, 0.3) is 5.91 Å². The average Bonchev–Trinajstić information content (AvgIpc) is 3.15. The molecule has 1 amide bonds. The molecule has 1 fully saturated rings. The van der Waals surface area contributed by atoms with E-state index in [4.69, 9.17) is 4.74 Å². The summed E-state index contributed by atoms with van der Waals surface area (Å²) >= 11 is 0. The summed E-state index contributed by atoms with van der Waals surface area (Å²) in [4.78, 5) is 12.4. The van der Waals surface area contributed by atoms with Crippen LogP contribution in [0.1, 0.15) is 33.6 Å². The van der Waals surface area contributed by atoms with Gasteiger partial charge in [-0.25, -0.2) is 0 Å². The van der Waals surface area contributed by atoms with Crippen LogP contribution in [0.3, 0.4) is 0 Å². The van der Waals surface area contributed by atoms with Crippen molar-refractivity contribution >= 4 is 11.6 Å². The Balaban J connectivity index is 2.13. The van der Waals surface area contributed by atoms with Gasteiger partial charge in [-0.15, -0.1) is 0 Å². The summed E-state index contributed by atoms with van der Waals surface area (Å²) in [7, 11) is 0. The first-order chi connectivity index (χ1) is 9.54. The molecule has 2 rings (SSSR count). The number of nitrogens with one attached hydrogen (secondary N) is 2. The van der Waals surface area contributed by atoms with Crippen LogP contribution in [0.25, 0.3) is 0 Å². The van der Waals surface area contributed by atoms with Crippen molar-refractivity contribution in [1.82, 2.24) is 5.32 Å². The summed E-state index contributed by atoms with van der Waals surface area (Å²) in [5.74, 6) is 0.179. The molecule has 0 spiro atoms. The molecule has 20 heavy (non-hydrogen) atoms. The van der Waals surface area contributed by atoms with Crippen molar-refractivity contribution in [2.45, 2.75) is 39.2 Å². The predicted octanol–water partition coefficient (Wildman–Crippen LogP) is 3.04. The Morgan fingerprint density at radius 2 is 1.95 bits per heavy atom. The first-order valence-electron chi connectivity index (χ1n) is 7.04. The second-order valence-corrected chi connectivity index (χ2v) is 5.36. The van der Waals surface area contributed by atoms with Gasteiger partial charge in [-0.05, 0) is 45.7 Å². The number of carbonyl (C=O) groups is 1. The van der Waals surface area contributed by atoms with E-state index in [1.807, 2.05) is 51.1 Å². The van der Waals surface area contributed by atoms with Gasteiger partial charge in [-0.1, -0.05) is 18.2 Å². The van der Waals surface area contributed by atoms with Crippen molar-refractivity contribution in [3.8, 4) is 0 Å². The number of ether oxygens (including phenoxy) is 1. The molecule has 0 saturated heterocycles. The summed E-state index contributed by atoms with van der Waals surface area (Å²) in [6.07, 6.45) is 1.99. The zero-order valence-electron chi connectivity index (χ0n) is 12.3. The van der Waals surface area contributed by atoms with Crippen LogP contribution in [0.15, 0.2) is 41.8 Å². The highest BCUT2D eigenvalue weighted by molar-refractivity contribution is 6.02. The van der Waals surface area contributed by atoms with E-state index in [1.165, 1.54) is 0 Å². The molecular formula is C16H22N2O2. The normalized spacial score (nSPS) is 16.9. The van der Waals surface area contributed by atoms with Gasteiger partial charge < -0.3 is 15.4 Å². The molecule has 0 bridgehead atoms. The van der Waals surface area contributed by atoms with Crippen LogP contribution in [0.5, 0.6) is 0 Å². The fourth-order valence-corrected chi connectivity index (χ4v) is 1.87. The van der Waals surface area contributed by atoms with Crippen LogP contribution in [-0.4, -0.2) is 18.1 Å². The van der Waals surface area contributed by atoms with E-state index in [2.05, 4.69) is 10.6 Å². The Morgan fingerprint density at radius 3 is 2.50 bits per heavy atom. The first kappa shape index (κ1) is 14.4. The molecule has 1 saturated carbocycles. The minimum Gasteiger partial charge on any atom is -0.480 e. The molecule has 1 aliphatic carbocycles. The van der Waals surface area contributed by atoms with E-state index in [1.54, 1.807) is 0 Å². The third kappa shape index (κ3) is 3.76. The number of amides is 1. The van der Waals surface area contributed by atoms with Gasteiger partial charge >= 0.3 is 0 Å². The lowest BCUT2D eigenvalue weighted by Crippen LogP contribution is -2.26. The highest BCUT2D eigenvalue weighted by Crippen LogP contribution is 2.41. The van der Waals surface area contributed by atoms with Crippen LogP contribution in [-0.2, 0) is 9.53 Å². The number of anilines is 1. The Kier molecular flexibility index (Phi) is 4.32. The fraction of sp³-hybridized carbons (Fsp3) is 0.438. The standard InChI is InChI=1S/C16H22N2O2/c1-4-17-12(2)14(20-16(3)10-11-16)15(19)18-13-8-6-5-7-9-13/h5-9,17H,4,10-11H2,1-3H3,(H,18,19)/b14-12-. The summed E-state index contributed by atoms with van der Waals surface area (Å²) < 4.78 is 5.90. The SMILES string of the molecule is CCN/C(C)=C(\OC1(C)CC1)C(=O)Nc1ccccc1. The van der Waals surface area contributed by atoms with Gasteiger partial charge in [0.05, 0.1) is 5.70 Å². The number of benzene rings is 1. The van der Waals surface area contributed by atoms with E-state index >= 15 is 0 Å². The van der Waals surface area contributed by atoms with Gasteiger partial charge in [-0.3, -0.25) is 4.79 Å². The molecule has 4 nitrogen and oxygen atoms in total. The predicted molar refractivity (Wildman–Crippen MR) is 80.2 cm³/mol. The van der Waals surface area contributed by atoms with Crippen molar-refractivity contribution < 1.29 is 9.53 Å². The second-order valence-electron chi connectivity index (χ2n) is 5.36. The highest BCUT2D eigenvalue weighted by Gasteiger charge is 2.42. The molecule has 1 aromatic rings. The average molecular weight is 274 g/mol. The van der Waals surface area contributed by atoms with Crippen LogP contribution < -0.4 is 10.6 Å². The van der Waals surface area contributed by atoms with Crippen molar-refractivity contribution in [1.29, 1.82) is 0 Å². The smallest absolute Gasteiger partial charge is 0.292 e. The molecule has 0 aromatic heterocycles. The minimum atomic E-state index is -0.206. The Bertz CT molecular complexity index is 504. The zero-order valence-corrected chi connectivity index (χ0v) is 12.3. The second kappa shape index (κ2) is 5.99. The summed E-state index contributed by atoms with van der Waals surface area (Å²) in [6.45, 7) is 6.65. The zero-order chi connectivity index (χ0) is 14.6. The molecule has 1 aliphatic rings. The highest BCUT2D eigenvalue weighted by atomic mass is 16.5. The van der Waals surface area contributed by atoms with Gasteiger partial charge in [0.15, 0.2) is 0 Å².